The SMILES string of the molecule is COCCN(c1ccc(CCl)c(C(F)(F)F)c1)C1CC1. The number of benzene rings is 1. The maximum Gasteiger partial charge on any atom is 0.416 e. The molecule has 0 N–H and O–H groups in total. The molecule has 112 valence electrons. The van der Waals surface area contributed by atoms with Crippen LogP contribution in [0.1, 0.15) is 24.0 Å². The molecule has 1 aromatic rings. The Kier molecular flexibility index (Phi) is 4.81. The van der Waals surface area contributed by atoms with Crippen molar-refractivity contribution in [2.45, 2.75) is 30.9 Å². The van der Waals surface area contributed by atoms with Crippen LogP contribution in [0.2, 0.25) is 0 Å². The van der Waals surface area contributed by atoms with Crippen LogP contribution in [0.3, 0.4) is 0 Å². The van der Waals surface area contributed by atoms with E-state index in [0.717, 1.165) is 12.8 Å². The summed E-state index contributed by atoms with van der Waals surface area (Å²) in [5.41, 5.74) is 0.0595. The number of anilines is 1. The van der Waals surface area contributed by atoms with Gasteiger partial charge in [-0.3, -0.25) is 0 Å². The molecule has 1 aliphatic rings. The first-order valence-corrected chi connectivity index (χ1v) is 7.02. The lowest BCUT2D eigenvalue weighted by Crippen LogP contribution is -2.29. The molecule has 1 fully saturated rings. The van der Waals surface area contributed by atoms with Crippen LogP contribution in [0, 0.1) is 0 Å². The van der Waals surface area contributed by atoms with E-state index in [1.807, 2.05) is 4.90 Å². The number of ether oxygens (including phenoxy) is 1. The Morgan fingerprint density at radius 1 is 1.35 bits per heavy atom. The van der Waals surface area contributed by atoms with E-state index >= 15 is 0 Å². The highest BCUT2D eigenvalue weighted by Crippen LogP contribution is 2.38. The molecular formula is C14H17ClF3NO. The lowest BCUT2D eigenvalue weighted by atomic mass is 10.1. The Labute approximate surface area is 121 Å². The molecular weight excluding hydrogens is 291 g/mol. The van der Waals surface area contributed by atoms with E-state index in [1.165, 1.54) is 12.1 Å². The molecule has 20 heavy (non-hydrogen) atoms. The molecule has 6 heteroatoms. The average molecular weight is 308 g/mol. The summed E-state index contributed by atoms with van der Waals surface area (Å²) in [5, 5.41) is 0. The summed E-state index contributed by atoms with van der Waals surface area (Å²) in [6.45, 7) is 1.09. The molecule has 0 spiro atoms. The molecule has 0 aromatic heterocycles. The number of methoxy groups -OCH3 is 1. The quantitative estimate of drug-likeness (QED) is 0.735. The minimum absolute atomic E-state index is 0.116. The molecule has 0 aliphatic heterocycles. The molecule has 0 saturated heterocycles. The van der Waals surface area contributed by atoms with Gasteiger partial charge in [-0.2, -0.15) is 13.2 Å². The molecule has 0 atom stereocenters. The van der Waals surface area contributed by atoms with Gasteiger partial charge in [0.05, 0.1) is 12.2 Å². The molecule has 2 rings (SSSR count). The van der Waals surface area contributed by atoms with Crippen LogP contribution in [0.5, 0.6) is 0 Å². The molecule has 0 amide bonds. The first-order valence-electron chi connectivity index (χ1n) is 6.49. The molecule has 1 saturated carbocycles. The van der Waals surface area contributed by atoms with Crippen molar-refractivity contribution >= 4 is 17.3 Å². The molecule has 1 aromatic carbocycles. The van der Waals surface area contributed by atoms with Gasteiger partial charge in [0.2, 0.25) is 0 Å². The third-order valence-electron chi connectivity index (χ3n) is 3.40. The summed E-state index contributed by atoms with van der Waals surface area (Å²) in [6.07, 6.45) is -2.35. The molecule has 0 radical (unpaired) electrons. The van der Waals surface area contributed by atoms with Crippen LogP contribution in [-0.2, 0) is 16.8 Å². The fourth-order valence-electron chi connectivity index (χ4n) is 2.22. The van der Waals surface area contributed by atoms with Crippen LogP contribution in [0.15, 0.2) is 18.2 Å². The minimum atomic E-state index is -4.38. The summed E-state index contributed by atoms with van der Waals surface area (Å²) in [4.78, 5) is 1.98. The van der Waals surface area contributed by atoms with Crippen LogP contribution < -0.4 is 4.90 Å². The normalized spacial score (nSPS) is 15.4. The zero-order valence-corrected chi connectivity index (χ0v) is 12.0. The van der Waals surface area contributed by atoms with E-state index in [1.54, 1.807) is 13.2 Å². The van der Waals surface area contributed by atoms with E-state index in [0.29, 0.717) is 24.9 Å². The number of hydrogen-bond acceptors (Lipinski definition) is 2. The second kappa shape index (κ2) is 6.22. The molecule has 0 bridgehead atoms. The van der Waals surface area contributed by atoms with Crippen LogP contribution >= 0.6 is 11.6 Å². The van der Waals surface area contributed by atoms with Crippen molar-refractivity contribution in [2.24, 2.45) is 0 Å². The largest absolute Gasteiger partial charge is 0.416 e. The van der Waals surface area contributed by atoms with Crippen molar-refractivity contribution in [1.82, 2.24) is 0 Å². The Bertz CT molecular complexity index is 460. The molecule has 0 heterocycles. The van der Waals surface area contributed by atoms with Gasteiger partial charge in [-0.25, -0.2) is 0 Å². The van der Waals surface area contributed by atoms with Gasteiger partial charge in [0.15, 0.2) is 0 Å². The number of alkyl halides is 4. The smallest absolute Gasteiger partial charge is 0.383 e. The van der Waals surface area contributed by atoms with Gasteiger partial charge in [-0.1, -0.05) is 6.07 Å². The van der Waals surface area contributed by atoms with Crippen molar-refractivity contribution in [2.75, 3.05) is 25.2 Å². The summed E-state index contributed by atoms with van der Waals surface area (Å²) in [5.74, 6) is -0.142. The highest BCUT2D eigenvalue weighted by Gasteiger charge is 2.35. The van der Waals surface area contributed by atoms with Crippen molar-refractivity contribution in [3.8, 4) is 0 Å². The zero-order valence-electron chi connectivity index (χ0n) is 11.2. The van der Waals surface area contributed by atoms with Gasteiger partial charge >= 0.3 is 6.18 Å². The van der Waals surface area contributed by atoms with E-state index in [-0.39, 0.29) is 11.4 Å². The third-order valence-corrected chi connectivity index (χ3v) is 3.69. The van der Waals surface area contributed by atoms with Gasteiger partial charge < -0.3 is 9.64 Å². The summed E-state index contributed by atoms with van der Waals surface area (Å²) < 4.78 is 44.2. The van der Waals surface area contributed by atoms with Crippen LogP contribution in [0.4, 0.5) is 18.9 Å². The van der Waals surface area contributed by atoms with E-state index in [2.05, 4.69) is 0 Å². The fourth-order valence-corrected chi connectivity index (χ4v) is 2.45. The van der Waals surface area contributed by atoms with Crippen molar-refractivity contribution in [1.29, 1.82) is 0 Å². The Hall–Kier alpha value is -0.940. The average Bonchev–Trinajstić information content (AvgIpc) is 3.22. The number of nitrogens with zero attached hydrogens (tertiary/aromatic N) is 1. The Morgan fingerprint density at radius 3 is 2.55 bits per heavy atom. The standard InChI is InChI=1S/C14H17ClF3NO/c1-20-7-6-19(11-4-5-11)12-3-2-10(9-15)13(8-12)14(16,17)18/h2-3,8,11H,4-7,9H2,1H3. The fraction of sp³-hybridized carbons (Fsp3) is 0.571. The van der Waals surface area contributed by atoms with Crippen LogP contribution in [0.25, 0.3) is 0 Å². The van der Waals surface area contributed by atoms with Gasteiger partial charge in [0.1, 0.15) is 0 Å². The number of hydrogen-bond donors (Lipinski definition) is 0. The van der Waals surface area contributed by atoms with E-state index < -0.39 is 11.7 Å². The predicted molar refractivity (Wildman–Crippen MR) is 73.2 cm³/mol. The summed E-state index contributed by atoms with van der Waals surface area (Å²) >= 11 is 5.59. The lowest BCUT2D eigenvalue weighted by molar-refractivity contribution is -0.138. The lowest BCUT2D eigenvalue weighted by Gasteiger charge is -2.26. The molecule has 1 aliphatic carbocycles. The Morgan fingerprint density at radius 2 is 2.05 bits per heavy atom. The van der Waals surface area contributed by atoms with Crippen molar-refractivity contribution < 1.29 is 17.9 Å². The first kappa shape index (κ1) is 15.4. The maximum atomic E-state index is 13.0. The van der Waals surface area contributed by atoms with E-state index in [9.17, 15) is 13.2 Å². The highest BCUT2D eigenvalue weighted by molar-refractivity contribution is 6.17. The summed E-state index contributed by atoms with van der Waals surface area (Å²) in [7, 11) is 1.59. The van der Waals surface area contributed by atoms with Crippen LogP contribution in [-0.4, -0.2) is 26.3 Å². The molecule has 0 unspecified atom stereocenters. The number of halogens is 4. The first-order chi connectivity index (χ1) is 9.47. The third kappa shape index (κ3) is 3.58. The van der Waals surface area contributed by atoms with Crippen molar-refractivity contribution in [3.63, 3.8) is 0 Å². The van der Waals surface area contributed by atoms with Gasteiger partial charge in [-0.05, 0) is 30.5 Å². The van der Waals surface area contributed by atoms with Crippen molar-refractivity contribution in [3.05, 3.63) is 29.3 Å². The van der Waals surface area contributed by atoms with Gasteiger partial charge in [-0.15, -0.1) is 11.6 Å². The Balaban J connectivity index is 2.30. The monoisotopic (exact) mass is 307 g/mol. The second-order valence-corrected chi connectivity index (χ2v) is 5.16. The summed E-state index contributed by atoms with van der Waals surface area (Å²) in [6, 6.07) is 4.70. The topological polar surface area (TPSA) is 12.5 Å². The minimum Gasteiger partial charge on any atom is -0.383 e. The zero-order chi connectivity index (χ0) is 14.8. The second-order valence-electron chi connectivity index (χ2n) is 4.89. The number of rotatable bonds is 6. The maximum absolute atomic E-state index is 13.0. The predicted octanol–water partition coefficient (Wildman–Crippen LogP) is 4.06. The van der Waals surface area contributed by atoms with Gasteiger partial charge in [0, 0.05) is 31.3 Å². The molecule has 2 nitrogen and oxygen atoms in total. The van der Waals surface area contributed by atoms with E-state index in [4.69, 9.17) is 16.3 Å². The van der Waals surface area contributed by atoms with Gasteiger partial charge in [0.25, 0.3) is 0 Å². The highest BCUT2D eigenvalue weighted by atomic mass is 35.5.